The maximum absolute atomic E-state index is 5.59. The number of unbranched alkanes of at least 4 members (excludes halogenated alkanes) is 10. The lowest BCUT2D eigenvalue weighted by Crippen LogP contribution is -2.25. The van der Waals surface area contributed by atoms with Crippen LogP contribution < -0.4 is 4.90 Å². The molecule has 8 aromatic carbocycles. The average Bonchev–Trinajstić information content (AvgIpc) is 3.60. The highest BCUT2D eigenvalue weighted by atomic mass is 15.1. The maximum Gasteiger partial charge on any atom is 0.0979 e. The first-order valence-electron chi connectivity index (χ1n) is 24.4. The highest BCUT2D eigenvalue weighted by molar-refractivity contribution is 6.23. The monoisotopic (exact) mass is 835 g/mol. The topological polar surface area (TPSA) is 29.0 Å². The van der Waals surface area contributed by atoms with E-state index in [1.807, 2.05) is 0 Å². The number of hydrogen-bond acceptors (Lipinski definition) is 3. The van der Waals surface area contributed by atoms with Crippen molar-refractivity contribution in [2.45, 2.75) is 109 Å². The highest BCUT2D eigenvalue weighted by Gasteiger charge is 2.43. The molecule has 10 rings (SSSR count). The van der Waals surface area contributed by atoms with Gasteiger partial charge in [-0.15, -0.1) is 0 Å². The van der Waals surface area contributed by atoms with Gasteiger partial charge in [0.2, 0.25) is 0 Å². The van der Waals surface area contributed by atoms with Gasteiger partial charge in [-0.05, 0) is 112 Å². The number of rotatable bonds is 18. The van der Waals surface area contributed by atoms with Crippen molar-refractivity contribution in [2.24, 2.45) is 0 Å². The standard InChI is InChI=1S/C61H61N3/c1-3-5-7-9-11-23-39-61(40-24-12-10-8-6-4-2)55-41-45(44-33-36-48(37-34-44)64(46-25-15-13-16-26-46)47-27-17-14-18-28-47)35-38-51(55)54-42-57-58(43-56(54)61)63-60-53-32-22-20-30-50(53)49-29-19-21-31-52(49)59(60)62-57/h13-22,25-38,41-43H,3-12,23-24,39-40H2,1-2H3. The first-order chi connectivity index (χ1) is 31.7. The Morgan fingerprint density at radius 1 is 0.375 bits per heavy atom. The number of nitrogens with zero attached hydrogens (tertiary/aromatic N) is 3. The van der Waals surface area contributed by atoms with Crippen molar-refractivity contribution in [1.82, 2.24) is 9.97 Å². The normalized spacial score (nSPS) is 12.9. The van der Waals surface area contributed by atoms with Gasteiger partial charge in [0.15, 0.2) is 0 Å². The Morgan fingerprint density at radius 3 is 1.36 bits per heavy atom. The first kappa shape index (κ1) is 41.7. The summed E-state index contributed by atoms with van der Waals surface area (Å²) in [6.45, 7) is 4.63. The van der Waals surface area contributed by atoms with E-state index in [1.54, 1.807) is 0 Å². The number of benzene rings is 8. The van der Waals surface area contributed by atoms with Gasteiger partial charge in [0.05, 0.1) is 22.1 Å². The van der Waals surface area contributed by atoms with Crippen molar-refractivity contribution in [3.05, 3.63) is 175 Å². The molecular formula is C61H61N3. The fourth-order valence-corrected chi connectivity index (χ4v) is 10.9. The summed E-state index contributed by atoms with van der Waals surface area (Å²) in [5.41, 5.74) is 15.5. The molecule has 64 heavy (non-hydrogen) atoms. The van der Waals surface area contributed by atoms with E-state index < -0.39 is 0 Å². The minimum absolute atomic E-state index is 0.0934. The van der Waals surface area contributed by atoms with E-state index in [0.717, 1.165) is 52.0 Å². The number of anilines is 3. The first-order valence-corrected chi connectivity index (χ1v) is 24.4. The molecule has 1 aromatic heterocycles. The summed E-state index contributed by atoms with van der Waals surface area (Å²) in [5.74, 6) is 0. The predicted molar refractivity (Wildman–Crippen MR) is 274 cm³/mol. The van der Waals surface area contributed by atoms with E-state index in [4.69, 9.17) is 9.97 Å². The Morgan fingerprint density at radius 2 is 0.812 bits per heavy atom. The van der Waals surface area contributed by atoms with Crippen LogP contribution in [0.4, 0.5) is 17.1 Å². The summed E-state index contributed by atoms with van der Waals surface area (Å²) in [6, 6.07) is 60.3. The molecule has 0 unspecified atom stereocenters. The molecule has 1 aliphatic carbocycles. The summed E-state index contributed by atoms with van der Waals surface area (Å²) in [4.78, 5) is 13.5. The SMILES string of the molecule is CCCCCCCCC1(CCCCCCCC)c2cc(-c3ccc(N(c4ccccc4)c4ccccc4)cc3)ccc2-c2cc3nc4c5ccccc5c5ccccc5c4nc3cc21. The quantitative estimate of drug-likeness (QED) is 0.0490. The summed E-state index contributed by atoms with van der Waals surface area (Å²) in [6.07, 6.45) is 17.8. The Hall–Kier alpha value is -6.32. The zero-order valence-corrected chi connectivity index (χ0v) is 37.8. The van der Waals surface area contributed by atoms with Crippen LogP contribution in [-0.4, -0.2) is 9.97 Å². The van der Waals surface area contributed by atoms with Gasteiger partial charge in [-0.3, -0.25) is 0 Å². The third-order valence-electron chi connectivity index (χ3n) is 14.2. The summed E-state index contributed by atoms with van der Waals surface area (Å²) >= 11 is 0. The van der Waals surface area contributed by atoms with Crippen molar-refractivity contribution in [1.29, 1.82) is 0 Å². The largest absolute Gasteiger partial charge is 0.311 e. The molecule has 0 fully saturated rings. The highest BCUT2D eigenvalue weighted by Crippen LogP contribution is 2.56. The molecule has 9 aromatic rings. The van der Waals surface area contributed by atoms with Crippen LogP contribution in [0, 0.1) is 0 Å². The van der Waals surface area contributed by atoms with Crippen LogP contribution in [-0.2, 0) is 5.41 Å². The van der Waals surface area contributed by atoms with Gasteiger partial charge in [-0.25, -0.2) is 9.97 Å². The van der Waals surface area contributed by atoms with Gasteiger partial charge in [-0.2, -0.15) is 0 Å². The smallest absolute Gasteiger partial charge is 0.0979 e. The summed E-state index contributed by atoms with van der Waals surface area (Å²) in [7, 11) is 0. The van der Waals surface area contributed by atoms with Crippen molar-refractivity contribution < 1.29 is 0 Å². The van der Waals surface area contributed by atoms with Crippen molar-refractivity contribution in [2.75, 3.05) is 4.90 Å². The molecule has 0 saturated carbocycles. The van der Waals surface area contributed by atoms with E-state index in [2.05, 4.69) is 183 Å². The van der Waals surface area contributed by atoms with Crippen LogP contribution in [0.1, 0.15) is 115 Å². The van der Waals surface area contributed by atoms with Gasteiger partial charge < -0.3 is 4.90 Å². The second-order valence-electron chi connectivity index (χ2n) is 18.3. The van der Waals surface area contributed by atoms with Crippen molar-refractivity contribution >= 4 is 60.7 Å². The Kier molecular flexibility index (Phi) is 12.2. The van der Waals surface area contributed by atoms with Crippen molar-refractivity contribution in [3.63, 3.8) is 0 Å². The van der Waals surface area contributed by atoms with Crippen LogP contribution >= 0.6 is 0 Å². The number of aromatic nitrogens is 2. The molecule has 320 valence electrons. The van der Waals surface area contributed by atoms with Crippen LogP contribution in [0.15, 0.2) is 164 Å². The van der Waals surface area contributed by atoms with Crippen LogP contribution in [0.25, 0.3) is 65.9 Å². The van der Waals surface area contributed by atoms with E-state index in [9.17, 15) is 0 Å². The Labute approximate surface area is 380 Å². The summed E-state index contributed by atoms with van der Waals surface area (Å²) < 4.78 is 0. The Balaban J connectivity index is 1.11. The van der Waals surface area contributed by atoms with E-state index in [-0.39, 0.29) is 5.41 Å². The van der Waals surface area contributed by atoms with E-state index >= 15 is 0 Å². The molecule has 0 aliphatic heterocycles. The third kappa shape index (κ3) is 7.95. The third-order valence-corrected chi connectivity index (χ3v) is 14.2. The molecule has 0 N–H and O–H groups in total. The van der Waals surface area contributed by atoms with Crippen LogP contribution in [0.5, 0.6) is 0 Å². The lowest BCUT2D eigenvalue weighted by molar-refractivity contribution is 0.398. The lowest BCUT2D eigenvalue weighted by atomic mass is 9.70. The summed E-state index contributed by atoms with van der Waals surface area (Å²) in [5, 5.41) is 4.81. The fraction of sp³-hybridized carbons (Fsp3) is 0.279. The van der Waals surface area contributed by atoms with Gasteiger partial charge in [-0.1, -0.05) is 200 Å². The molecule has 0 spiro atoms. The van der Waals surface area contributed by atoms with E-state index in [0.29, 0.717) is 0 Å². The molecule has 0 atom stereocenters. The van der Waals surface area contributed by atoms with Gasteiger partial charge in [0.1, 0.15) is 0 Å². The number of fused-ring (bicyclic) bond motifs is 10. The second kappa shape index (κ2) is 18.8. The van der Waals surface area contributed by atoms with E-state index in [1.165, 1.54) is 132 Å². The molecule has 0 bridgehead atoms. The molecule has 1 heterocycles. The minimum Gasteiger partial charge on any atom is -0.311 e. The van der Waals surface area contributed by atoms with Crippen molar-refractivity contribution in [3.8, 4) is 22.3 Å². The lowest BCUT2D eigenvalue weighted by Gasteiger charge is -2.33. The molecule has 1 aliphatic rings. The molecule has 0 radical (unpaired) electrons. The zero-order valence-electron chi connectivity index (χ0n) is 37.8. The minimum atomic E-state index is -0.0934. The zero-order chi connectivity index (χ0) is 43.3. The van der Waals surface area contributed by atoms with Crippen LogP contribution in [0.2, 0.25) is 0 Å². The molecular weight excluding hydrogens is 775 g/mol. The van der Waals surface area contributed by atoms with Gasteiger partial charge >= 0.3 is 0 Å². The van der Waals surface area contributed by atoms with Gasteiger partial charge in [0.25, 0.3) is 0 Å². The fourth-order valence-electron chi connectivity index (χ4n) is 10.9. The number of para-hydroxylation sites is 2. The Bertz CT molecular complexity index is 2970. The molecule has 0 amide bonds. The van der Waals surface area contributed by atoms with Crippen LogP contribution in [0.3, 0.4) is 0 Å². The molecule has 3 nitrogen and oxygen atoms in total. The maximum atomic E-state index is 5.59. The molecule has 0 saturated heterocycles. The predicted octanol–water partition coefficient (Wildman–Crippen LogP) is 18.0. The number of hydrogen-bond donors (Lipinski definition) is 0. The molecule has 3 heteroatoms. The van der Waals surface area contributed by atoms with Gasteiger partial charge in [0, 0.05) is 33.2 Å². The average molecular weight is 836 g/mol. The second-order valence-corrected chi connectivity index (χ2v) is 18.3.